The van der Waals surface area contributed by atoms with Crippen LogP contribution in [-0.2, 0) is 9.59 Å². The van der Waals surface area contributed by atoms with Crippen molar-refractivity contribution < 1.29 is 9.59 Å². The fourth-order valence-corrected chi connectivity index (χ4v) is 4.77. The first-order valence-corrected chi connectivity index (χ1v) is 15.3. The van der Waals surface area contributed by atoms with Gasteiger partial charge in [-0.3, -0.25) is 9.59 Å². The van der Waals surface area contributed by atoms with Crippen LogP contribution >= 0.6 is 0 Å². The first-order chi connectivity index (χ1) is 18.5. The Kier molecular flexibility index (Phi) is 19.7. The number of rotatable bonds is 14. The summed E-state index contributed by atoms with van der Waals surface area (Å²) in [6.07, 6.45) is 25.4. The summed E-state index contributed by atoms with van der Waals surface area (Å²) in [5, 5.41) is 17.6. The summed E-state index contributed by atoms with van der Waals surface area (Å²) in [5.41, 5.74) is 0. The minimum absolute atomic E-state index is 0.116. The number of piperidine rings is 2. The number of carbonyl (C=O) groups is 2. The van der Waals surface area contributed by atoms with Crippen molar-refractivity contribution in [3.8, 4) is 12.1 Å². The molecule has 6 heteroatoms. The molecule has 0 unspecified atom stereocenters. The smallest absolute Gasteiger partial charge is 0.246 e. The lowest BCUT2D eigenvalue weighted by Gasteiger charge is -2.28. The number of allylic oxidation sites excluding steroid dienone is 2. The van der Waals surface area contributed by atoms with E-state index in [0.717, 1.165) is 64.7 Å². The molecular weight excluding hydrogens is 472 g/mol. The summed E-state index contributed by atoms with van der Waals surface area (Å²) in [6, 6.07) is 4.57. The van der Waals surface area contributed by atoms with Crippen molar-refractivity contribution in [1.82, 2.24) is 9.80 Å². The second kappa shape index (κ2) is 22.4. The Labute approximate surface area is 232 Å². The highest BCUT2D eigenvalue weighted by Gasteiger charge is 2.21. The number of amides is 2. The van der Waals surface area contributed by atoms with Gasteiger partial charge in [0.25, 0.3) is 0 Å². The Balaban J connectivity index is 0.000000380. The van der Waals surface area contributed by atoms with Crippen LogP contribution in [0.3, 0.4) is 0 Å². The van der Waals surface area contributed by atoms with E-state index in [4.69, 9.17) is 10.5 Å². The third-order valence-corrected chi connectivity index (χ3v) is 7.45. The van der Waals surface area contributed by atoms with Crippen LogP contribution in [0.25, 0.3) is 0 Å². The Hall–Kier alpha value is -2.60. The minimum Gasteiger partial charge on any atom is -0.339 e. The fourth-order valence-electron chi connectivity index (χ4n) is 4.77. The molecule has 2 aliphatic rings. The molecule has 2 fully saturated rings. The summed E-state index contributed by atoms with van der Waals surface area (Å²) >= 11 is 0. The highest BCUT2D eigenvalue weighted by Crippen LogP contribution is 2.17. The molecule has 38 heavy (non-hydrogen) atoms. The summed E-state index contributed by atoms with van der Waals surface area (Å²) in [6.45, 7) is 7.37. The molecule has 0 aliphatic carbocycles. The van der Waals surface area contributed by atoms with Gasteiger partial charge in [-0.2, -0.15) is 10.5 Å². The molecule has 2 rings (SSSR count). The van der Waals surface area contributed by atoms with Gasteiger partial charge < -0.3 is 9.80 Å². The quantitative estimate of drug-likeness (QED) is 0.176. The second-order valence-electron chi connectivity index (χ2n) is 10.7. The van der Waals surface area contributed by atoms with E-state index < -0.39 is 0 Å². The van der Waals surface area contributed by atoms with Crippen LogP contribution < -0.4 is 0 Å². The molecule has 2 aliphatic heterocycles. The van der Waals surface area contributed by atoms with E-state index >= 15 is 0 Å². The number of hydrogen-bond acceptors (Lipinski definition) is 4. The van der Waals surface area contributed by atoms with Crippen LogP contribution in [0, 0.1) is 34.5 Å². The van der Waals surface area contributed by atoms with E-state index in [1.165, 1.54) is 64.2 Å². The van der Waals surface area contributed by atoms with Gasteiger partial charge in [0.05, 0.1) is 12.1 Å². The lowest BCUT2D eigenvalue weighted by molar-refractivity contribution is -0.127. The van der Waals surface area contributed by atoms with Crippen LogP contribution in [-0.4, -0.2) is 47.8 Å². The first-order valence-electron chi connectivity index (χ1n) is 15.3. The van der Waals surface area contributed by atoms with Crippen molar-refractivity contribution >= 4 is 11.8 Å². The topological polar surface area (TPSA) is 88.2 Å². The Morgan fingerprint density at radius 3 is 1.29 bits per heavy atom. The first kappa shape index (κ1) is 33.4. The van der Waals surface area contributed by atoms with E-state index in [-0.39, 0.29) is 23.7 Å². The van der Waals surface area contributed by atoms with E-state index in [1.807, 2.05) is 22.0 Å². The molecule has 2 saturated heterocycles. The maximum Gasteiger partial charge on any atom is 0.246 e. The molecule has 0 aromatic rings. The maximum atomic E-state index is 11.9. The molecule has 0 spiro atoms. The molecule has 0 N–H and O–H groups in total. The zero-order valence-corrected chi connectivity index (χ0v) is 24.2. The normalized spacial score (nSPS) is 16.7. The summed E-state index contributed by atoms with van der Waals surface area (Å²) in [4.78, 5) is 27.5. The van der Waals surface area contributed by atoms with E-state index in [1.54, 1.807) is 12.2 Å². The van der Waals surface area contributed by atoms with Crippen LogP contribution in [0.2, 0.25) is 0 Å². The van der Waals surface area contributed by atoms with Crippen LogP contribution in [0.5, 0.6) is 0 Å². The van der Waals surface area contributed by atoms with E-state index in [0.29, 0.717) is 0 Å². The van der Waals surface area contributed by atoms with Gasteiger partial charge >= 0.3 is 0 Å². The third-order valence-electron chi connectivity index (χ3n) is 7.45. The Bertz CT molecular complexity index is 710. The summed E-state index contributed by atoms with van der Waals surface area (Å²) in [7, 11) is 0. The number of nitriles is 2. The number of unbranched alkanes of at least 4 members (excludes halogenated alkanes) is 10. The van der Waals surface area contributed by atoms with Crippen molar-refractivity contribution in [1.29, 1.82) is 10.5 Å². The largest absolute Gasteiger partial charge is 0.339 e. The van der Waals surface area contributed by atoms with Gasteiger partial charge in [0.15, 0.2) is 0 Å². The molecule has 0 atom stereocenters. The number of nitrogens with zero attached hydrogens (tertiary/aromatic N) is 4. The number of likely N-dealkylation sites (tertiary alicyclic amines) is 2. The third kappa shape index (κ3) is 15.6. The molecule has 0 radical (unpaired) electrons. The lowest BCUT2D eigenvalue weighted by atomic mass is 9.98. The van der Waals surface area contributed by atoms with Crippen molar-refractivity contribution in [3.05, 3.63) is 24.3 Å². The molecule has 2 amide bonds. The molecule has 0 saturated carbocycles. The average Bonchev–Trinajstić information content (AvgIpc) is 2.96. The molecule has 2 heterocycles. The van der Waals surface area contributed by atoms with Crippen LogP contribution in [0.1, 0.15) is 117 Å². The highest BCUT2D eigenvalue weighted by molar-refractivity contribution is 5.88. The van der Waals surface area contributed by atoms with E-state index in [2.05, 4.69) is 26.0 Å². The van der Waals surface area contributed by atoms with Crippen molar-refractivity contribution in [2.24, 2.45) is 11.8 Å². The average molecular weight is 525 g/mol. The SMILES string of the molecule is CCCCCCCC=CC(=O)N1CCC(C#N)CC1.CCCCCCCC=CC(=O)N1CCC(C#N)CC1. The van der Waals surface area contributed by atoms with Crippen LogP contribution in [0.4, 0.5) is 0 Å². The van der Waals surface area contributed by atoms with Crippen molar-refractivity contribution in [3.63, 3.8) is 0 Å². The predicted molar refractivity (Wildman–Crippen MR) is 155 cm³/mol. The van der Waals surface area contributed by atoms with Gasteiger partial charge in [0.2, 0.25) is 11.8 Å². The standard InChI is InChI=1S/2C16H26N2O/c2*1-2-3-4-5-6-7-8-9-16(19)18-12-10-15(14-17)11-13-18/h2*8-9,15H,2-7,10-13H2,1H3. The van der Waals surface area contributed by atoms with Crippen LogP contribution in [0.15, 0.2) is 24.3 Å². The van der Waals surface area contributed by atoms with Gasteiger partial charge in [-0.1, -0.05) is 77.4 Å². The Morgan fingerprint density at radius 2 is 0.974 bits per heavy atom. The van der Waals surface area contributed by atoms with Gasteiger partial charge in [-0.05, 0) is 63.5 Å². The Morgan fingerprint density at radius 1 is 0.632 bits per heavy atom. The number of hydrogen-bond donors (Lipinski definition) is 0. The fraction of sp³-hybridized carbons (Fsp3) is 0.750. The van der Waals surface area contributed by atoms with Crippen molar-refractivity contribution in [2.75, 3.05) is 26.2 Å². The van der Waals surface area contributed by atoms with Gasteiger partial charge in [-0.25, -0.2) is 0 Å². The second-order valence-corrected chi connectivity index (χ2v) is 10.7. The van der Waals surface area contributed by atoms with Crippen molar-refractivity contribution in [2.45, 2.75) is 117 Å². The van der Waals surface area contributed by atoms with Gasteiger partial charge in [0, 0.05) is 38.0 Å². The highest BCUT2D eigenvalue weighted by atomic mass is 16.2. The molecule has 0 bridgehead atoms. The van der Waals surface area contributed by atoms with E-state index in [9.17, 15) is 9.59 Å². The van der Waals surface area contributed by atoms with Gasteiger partial charge in [0.1, 0.15) is 0 Å². The summed E-state index contributed by atoms with van der Waals surface area (Å²) < 4.78 is 0. The zero-order valence-electron chi connectivity index (χ0n) is 24.2. The molecular formula is C32H52N4O2. The summed E-state index contributed by atoms with van der Waals surface area (Å²) in [5.74, 6) is 0.521. The lowest BCUT2D eigenvalue weighted by Crippen LogP contribution is -2.37. The predicted octanol–water partition coefficient (Wildman–Crippen LogP) is 7.33. The maximum absolute atomic E-state index is 11.9. The monoisotopic (exact) mass is 524 g/mol. The van der Waals surface area contributed by atoms with Gasteiger partial charge in [-0.15, -0.1) is 0 Å². The molecule has 0 aromatic carbocycles. The molecule has 0 aromatic heterocycles. The number of carbonyl (C=O) groups excluding carboxylic acids is 2. The minimum atomic E-state index is 0.116. The molecule has 6 nitrogen and oxygen atoms in total. The molecule has 212 valence electrons. The zero-order chi connectivity index (χ0) is 27.8.